The summed E-state index contributed by atoms with van der Waals surface area (Å²) < 4.78 is 0. The normalized spacial score (nSPS) is 20.5. The maximum Gasteiger partial charge on any atom is 0.250 e. The lowest BCUT2D eigenvalue weighted by Gasteiger charge is -2.34. The number of amides is 1. The molecule has 0 bridgehead atoms. The minimum absolute atomic E-state index is 0.0600. The van der Waals surface area contributed by atoms with Gasteiger partial charge in [0.05, 0.1) is 29.6 Å². The Labute approximate surface area is 197 Å². The number of hydrogen-bond donors (Lipinski definition) is 2. The highest BCUT2D eigenvalue weighted by Gasteiger charge is 2.34. The number of allylic oxidation sites excluding steroid dienone is 2. The van der Waals surface area contributed by atoms with Gasteiger partial charge in [-0.1, -0.05) is 48.0 Å². The molecule has 3 aliphatic rings. The molecule has 0 saturated carbocycles. The Morgan fingerprint density at radius 1 is 1.15 bits per heavy atom. The number of hydrogen-bond acceptors (Lipinski definition) is 6. The van der Waals surface area contributed by atoms with E-state index in [-0.39, 0.29) is 18.6 Å². The molecule has 3 aliphatic heterocycles. The van der Waals surface area contributed by atoms with E-state index in [1.165, 1.54) is 5.01 Å². The first-order chi connectivity index (χ1) is 16.0. The van der Waals surface area contributed by atoms with Crippen LogP contribution < -0.4 is 11.2 Å². The van der Waals surface area contributed by atoms with Gasteiger partial charge in [-0.2, -0.15) is 5.26 Å². The van der Waals surface area contributed by atoms with Crippen molar-refractivity contribution in [1.29, 1.82) is 5.26 Å². The summed E-state index contributed by atoms with van der Waals surface area (Å²) in [6.07, 6.45) is 6.15. The van der Waals surface area contributed by atoms with Crippen LogP contribution in [0.25, 0.3) is 11.3 Å². The van der Waals surface area contributed by atoms with Crippen molar-refractivity contribution >= 4 is 28.8 Å². The maximum atomic E-state index is 12.2. The SMILES string of the molecule is N#Cc1ccccc1C1=CN2C(CN3CCN(N)C(=O)C3)=C(c3ccc(Cl)cc3)NC2C=C1. The van der Waals surface area contributed by atoms with Crippen molar-refractivity contribution in [3.8, 4) is 6.07 Å². The Bertz CT molecular complexity index is 1230. The summed E-state index contributed by atoms with van der Waals surface area (Å²) in [5.74, 6) is 5.67. The summed E-state index contributed by atoms with van der Waals surface area (Å²) in [5, 5.41) is 15.1. The molecular formula is C25H23ClN6O. The van der Waals surface area contributed by atoms with Gasteiger partial charge in [-0.15, -0.1) is 0 Å². The molecule has 2 aromatic carbocycles. The molecule has 5 rings (SSSR count). The van der Waals surface area contributed by atoms with E-state index in [1.807, 2.05) is 54.6 Å². The van der Waals surface area contributed by atoms with Crippen LogP contribution in [0, 0.1) is 11.3 Å². The third-order valence-corrected chi connectivity index (χ3v) is 6.38. The van der Waals surface area contributed by atoms with Crippen molar-refractivity contribution in [2.75, 3.05) is 26.2 Å². The second kappa shape index (κ2) is 8.75. The van der Waals surface area contributed by atoms with E-state index in [1.54, 1.807) is 0 Å². The van der Waals surface area contributed by atoms with Crippen LogP contribution in [0.3, 0.4) is 0 Å². The molecule has 2 aromatic rings. The zero-order valence-electron chi connectivity index (χ0n) is 17.9. The number of hydrazine groups is 1. The number of halogens is 1. The van der Waals surface area contributed by atoms with Gasteiger partial charge in [0.1, 0.15) is 6.17 Å². The monoisotopic (exact) mass is 458 g/mol. The number of benzene rings is 2. The van der Waals surface area contributed by atoms with Crippen molar-refractivity contribution in [3.05, 3.63) is 94.3 Å². The van der Waals surface area contributed by atoms with Crippen LogP contribution in [0.4, 0.5) is 0 Å². The van der Waals surface area contributed by atoms with E-state index in [4.69, 9.17) is 17.4 Å². The van der Waals surface area contributed by atoms with Gasteiger partial charge in [0.25, 0.3) is 5.91 Å². The lowest BCUT2D eigenvalue weighted by atomic mass is 9.99. The second-order valence-corrected chi connectivity index (χ2v) is 8.66. The quantitative estimate of drug-likeness (QED) is 0.541. The molecule has 0 radical (unpaired) electrons. The highest BCUT2D eigenvalue weighted by molar-refractivity contribution is 6.30. The van der Waals surface area contributed by atoms with Gasteiger partial charge in [0.15, 0.2) is 0 Å². The molecule has 3 heterocycles. The summed E-state index contributed by atoms with van der Waals surface area (Å²) in [7, 11) is 0. The highest BCUT2D eigenvalue weighted by Crippen LogP contribution is 2.35. The van der Waals surface area contributed by atoms with Gasteiger partial charge >= 0.3 is 0 Å². The fourth-order valence-corrected chi connectivity index (χ4v) is 4.51. The van der Waals surface area contributed by atoms with Gasteiger partial charge in [-0.05, 0) is 35.4 Å². The minimum Gasteiger partial charge on any atom is -0.360 e. The minimum atomic E-state index is -0.0879. The van der Waals surface area contributed by atoms with Crippen molar-refractivity contribution in [2.45, 2.75) is 6.17 Å². The number of nitrogens with two attached hydrogens (primary N) is 1. The van der Waals surface area contributed by atoms with Crippen molar-refractivity contribution < 1.29 is 4.79 Å². The largest absolute Gasteiger partial charge is 0.360 e. The summed E-state index contributed by atoms with van der Waals surface area (Å²) in [4.78, 5) is 16.5. The number of carbonyl (C=O) groups excluding carboxylic acids is 1. The van der Waals surface area contributed by atoms with Crippen LogP contribution in [-0.2, 0) is 4.79 Å². The molecule has 1 atom stereocenters. The summed E-state index contributed by atoms with van der Waals surface area (Å²) in [6.45, 7) is 2.05. The van der Waals surface area contributed by atoms with Crippen LogP contribution in [0.5, 0.6) is 0 Å². The van der Waals surface area contributed by atoms with Gasteiger partial charge in [0, 0.05) is 36.4 Å². The summed E-state index contributed by atoms with van der Waals surface area (Å²) in [5.41, 5.74) is 5.55. The van der Waals surface area contributed by atoms with E-state index in [9.17, 15) is 10.1 Å². The van der Waals surface area contributed by atoms with E-state index in [2.05, 4.69) is 33.5 Å². The fourth-order valence-electron chi connectivity index (χ4n) is 4.39. The predicted octanol–water partition coefficient (Wildman–Crippen LogP) is 2.74. The van der Waals surface area contributed by atoms with Crippen molar-refractivity contribution in [3.63, 3.8) is 0 Å². The number of nitriles is 1. The number of piperazine rings is 1. The molecule has 0 spiro atoms. The topological polar surface area (TPSA) is 88.6 Å². The Hall–Kier alpha value is -3.57. The van der Waals surface area contributed by atoms with E-state index in [0.717, 1.165) is 28.1 Å². The molecule has 8 heteroatoms. The van der Waals surface area contributed by atoms with E-state index < -0.39 is 0 Å². The maximum absolute atomic E-state index is 12.2. The van der Waals surface area contributed by atoms with E-state index >= 15 is 0 Å². The molecule has 1 saturated heterocycles. The first-order valence-corrected chi connectivity index (χ1v) is 11.1. The summed E-state index contributed by atoms with van der Waals surface area (Å²) in [6, 6.07) is 17.6. The molecule has 1 amide bonds. The van der Waals surface area contributed by atoms with Crippen LogP contribution in [0.1, 0.15) is 16.7 Å². The van der Waals surface area contributed by atoms with Crippen LogP contribution in [0.2, 0.25) is 5.02 Å². The molecule has 7 nitrogen and oxygen atoms in total. The molecule has 33 heavy (non-hydrogen) atoms. The third kappa shape index (κ3) is 4.12. The Balaban J connectivity index is 1.54. The molecular weight excluding hydrogens is 436 g/mol. The van der Waals surface area contributed by atoms with Gasteiger partial charge in [-0.25, -0.2) is 5.84 Å². The molecule has 166 valence electrons. The lowest BCUT2D eigenvalue weighted by molar-refractivity contribution is -0.136. The number of carbonyl (C=O) groups is 1. The van der Waals surface area contributed by atoms with Crippen molar-refractivity contribution in [2.24, 2.45) is 5.84 Å². The number of nitrogens with zero attached hydrogens (tertiary/aromatic N) is 4. The molecule has 0 aromatic heterocycles. The molecule has 1 fully saturated rings. The Morgan fingerprint density at radius 2 is 1.94 bits per heavy atom. The smallest absolute Gasteiger partial charge is 0.250 e. The van der Waals surface area contributed by atoms with Gasteiger partial charge in [-0.3, -0.25) is 14.7 Å². The number of rotatable bonds is 4. The number of fused-ring (bicyclic) bond motifs is 1. The van der Waals surface area contributed by atoms with Gasteiger partial charge < -0.3 is 10.2 Å². The fraction of sp³-hybridized carbons (Fsp3) is 0.200. The molecule has 3 N–H and O–H groups in total. The standard InChI is InChI=1S/C25H23ClN6O/c26-20-8-5-17(6-9-20)25-22(15-30-11-12-32(28)24(33)16-30)31-14-19(7-10-23(31)29-25)21-4-2-1-3-18(21)13-27/h1-10,14,23,29H,11-12,15-16,28H2. The van der Waals surface area contributed by atoms with E-state index in [0.29, 0.717) is 30.2 Å². The van der Waals surface area contributed by atoms with Crippen LogP contribution >= 0.6 is 11.6 Å². The number of nitrogens with one attached hydrogen (secondary N) is 1. The average Bonchev–Trinajstić information content (AvgIpc) is 3.19. The second-order valence-electron chi connectivity index (χ2n) is 8.22. The van der Waals surface area contributed by atoms with Crippen LogP contribution in [-0.4, -0.2) is 53.1 Å². The first-order valence-electron chi connectivity index (χ1n) is 10.7. The molecule has 1 unspecified atom stereocenters. The summed E-state index contributed by atoms with van der Waals surface area (Å²) >= 11 is 6.12. The van der Waals surface area contributed by atoms with Crippen LogP contribution in [0.15, 0.2) is 72.6 Å². The average molecular weight is 459 g/mol. The molecule has 0 aliphatic carbocycles. The highest BCUT2D eigenvalue weighted by atomic mass is 35.5. The third-order valence-electron chi connectivity index (χ3n) is 6.13. The zero-order valence-corrected chi connectivity index (χ0v) is 18.7. The Morgan fingerprint density at radius 3 is 2.70 bits per heavy atom. The first kappa shape index (κ1) is 21.3. The lowest BCUT2D eigenvalue weighted by Crippen LogP contribution is -2.54. The van der Waals surface area contributed by atoms with Gasteiger partial charge in [0.2, 0.25) is 0 Å². The Kier molecular flexibility index (Phi) is 5.65. The van der Waals surface area contributed by atoms with Crippen molar-refractivity contribution in [1.82, 2.24) is 20.1 Å². The predicted molar refractivity (Wildman–Crippen MR) is 128 cm³/mol. The zero-order chi connectivity index (χ0) is 22.9.